The molecule has 3 rings (SSSR count). The summed E-state index contributed by atoms with van der Waals surface area (Å²) >= 11 is 1.54. The summed E-state index contributed by atoms with van der Waals surface area (Å²) in [7, 11) is -1.17. The van der Waals surface area contributed by atoms with Crippen LogP contribution in [0.5, 0.6) is 0 Å². The Morgan fingerprint density at radius 3 is 3.06 bits per heavy atom. The molecule has 0 spiro atoms. The summed E-state index contributed by atoms with van der Waals surface area (Å²) in [6.07, 6.45) is 1.70. The predicted molar refractivity (Wildman–Crippen MR) is 68.3 cm³/mol. The summed E-state index contributed by atoms with van der Waals surface area (Å²) in [5.41, 5.74) is 1.75. The molecule has 3 aromatic rings. The number of H-pyrrole nitrogens is 1. The highest BCUT2D eigenvalue weighted by atomic mass is 32.2. The van der Waals surface area contributed by atoms with Crippen molar-refractivity contribution in [3.8, 4) is 0 Å². The van der Waals surface area contributed by atoms with Crippen LogP contribution in [-0.4, -0.2) is 19.2 Å². The lowest BCUT2D eigenvalue weighted by Gasteiger charge is -1.97. The van der Waals surface area contributed by atoms with Crippen molar-refractivity contribution in [2.24, 2.45) is 0 Å². The van der Waals surface area contributed by atoms with Gasteiger partial charge >= 0.3 is 0 Å². The first-order valence-electron chi connectivity index (χ1n) is 5.04. The minimum absolute atomic E-state index is 0.390. The predicted octanol–water partition coefficient (Wildman–Crippen LogP) is 2.33. The molecular formula is C11H9N3OS2. The minimum Gasteiger partial charge on any atom is -0.330 e. The summed E-state index contributed by atoms with van der Waals surface area (Å²) in [4.78, 5) is 12.4. The van der Waals surface area contributed by atoms with Crippen LogP contribution in [0.3, 0.4) is 0 Å². The molecule has 86 valence electrons. The van der Waals surface area contributed by atoms with Gasteiger partial charge in [0.25, 0.3) is 0 Å². The SMILES string of the molecule is O=S(Cc1ccccn1)c1nc2sccc2[nH]1. The Morgan fingerprint density at radius 1 is 1.35 bits per heavy atom. The maximum atomic E-state index is 12.1. The smallest absolute Gasteiger partial charge is 0.198 e. The molecule has 0 aliphatic heterocycles. The highest BCUT2D eigenvalue weighted by Crippen LogP contribution is 2.19. The van der Waals surface area contributed by atoms with E-state index in [0.29, 0.717) is 10.9 Å². The van der Waals surface area contributed by atoms with E-state index in [0.717, 1.165) is 16.0 Å². The van der Waals surface area contributed by atoms with Crippen LogP contribution < -0.4 is 0 Å². The molecule has 0 saturated heterocycles. The highest BCUT2D eigenvalue weighted by Gasteiger charge is 2.11. The largest absolute Gasteiger partial charge is 0.330 e. The summed E-state index contributed by atoms with van der Waals surface area (Å²) < 4.78 is 12.1. The first-order chi connectivity index (χ1) is 8.33. The van der Waals surface area contributed by atoms with Crippen molar-refractivity contribution in [3.63, 3.8) is 0 Å². The van der Waals surface area contributed by atoms with E-state index >= 15 is 0 Å². The highest BCUT2D eigenvalue weighted by molar-refractivity contribution is 7.84. The van der Waals surface area contributed by atoms with Gasteiger partial charge in [0.1, 0.15) is 4.83 Å². The average molecular weight is 263 g/mol. The van der Waals surface area contributed by atoms with Gasteiger partial charge in [-0.1, -0.05) is 6.07 Å². The van der Waals surface area contributed by atoms with E-state index in [1.807, 2.05) is 29.6 Å². The third kappa shape index (κ3) is 2.13. The molecule has 1 atom stereocenters. The van der Waals surface area contributed by atoms with Crippen LogP contribution in [0.15, 0.2) is 41.0 Å². The molecule has 0 bridgehead atoms. The Balaban J connectivity index is 1.85. The lowest BCUT2D eigenvalue weighted by atomic mass is 10.4. The molecule has 0 aliphatic rings. The Kier molecular flexibility index (Phi) is 2.74. The van der Waals surface area contributed by atoms with Crippen LogP contribution in [0.25, 0.3) is 10.3 Å². The maximum Gasteiger partial charge on any atom is 0.198 e. The topological polar surface area (TPSA) is 58.6 Å². The zero-order valence-electron chi connectivity index (χ0n) is 8.79. The van der Waals surface area contributed by atoms with Crippen molar-refractivity contribution in [1.82, 2.24) is 15.0 Å². The number of nitrogens with one attached hydrogen (secondary N) is 1. The second-order valence-corrected chi connectivity index (χ2v) is 5.75. The van der Waals surface area contributed by atoms with E-state index < -0.39 is 10.8 Å². The lowest BCUT2D eigenvalue weighted by molar-refractivity contribution is 0.677. The number of rotatable bonds is 3. The van der Waals surface area contributed by atoms with Gasteiger partial charge in [-0.3, -0.25) is 9.19 Å². The fourth-order valence-electron chi connectivity index (χ4n) is 1.51. The molecule has 0 aromatic carbocycles. The van der Waals surface area contributed by atoms with E-state index in [4.69, 9.17) is 0 Å². The fraction of sp³-hybridized carbons (Fsp3) is 0.0909. The zero-order valence-corrected chi connectivity index (χ0v) is 10.4. The van der Waals surface area contributed by atoms with E-state index in [1.54, 1.807) is 6.20 Å². The summed E-state index contributed by atoms with van der Waals surface area (Å²) in [5, 5.41) is 2.48. The van der Waals surface area contributed by atoms with Crippen LogP contribution in [0.1, 0.15) is 5.69 Å². The molecular weight excluding hydrogens is 254 g/mol. The van der Waals surface area contributed by atoms with Crippen LogP contribution in [0, 0.1) is 0 Å². The fourth-order valence-corrected chi connectivity index (χ4v) is 3.29. The molecule has 0 amide bonds. The Hall–Kier alpha value is -1.53. The molecule has 6 heteroatoms. The van der Waals surface area contributed by atoms with Crippen molar-refractivity contribution in [2.75, 3.05) is 0 Å². The van der Waals surface area contributed by atoms with Gasteiger partial charge in [-0.2, -0.15) is 0 Å². The van der Waals surface area contributed by atoms with Crippen molar-refractivity contribution in [3.05, 3.63) is 41.5 Å². The number of thiophene rings is 1. The monoisotopic (exact) mass is 263 g/mol. The maximum absolute atomic E-state index is 12.1. The number of hydrogen-bond donors (Lipinski definition) is 1. The normalized spacial score (nSPS) is 12.9. The number of pyridine rings is 1. The molecule has 1 unspecified atom stereocenters. The van der Waals surface area contributed by atoms with Crippen molar-refractivity contribution < 1.29 is 4.21 Å². The Bertz CT molecular complexity index is 631. The summed E-state index contributed by atoms with van der Waals surface area (Å²) in [6.45, 7) is 0. The van der Waals surface area contributed by atoms with Crippen LogP contribution in [0.4, 0.5) is 0 Å². The molecule has 17 heavy (non-hydrogen) atoms. The van der Waals surface area contributed by atoms with Crippen molar-refractivity contribution >= 4 is 32.5 Å². The second kappa shape index (κ2) is 4.38. The van der Waals surface area contributed by atoms with Gasteiger partial charge in [-0.15, -0.1) is 11.3 Å². The van der Waals surface area contributed by atoms with Crippen molar-refractivity contribution in [1.29, 1.82) is 0 Å². The number of imidazole rings is 1. The molecule has 1 N–H and O–H groups in total. The van der Waals surface area contributed by atoms with Crippen LogP contribution >= 0.6 is 11.3 Å². The van der Waals surface area contributed by atoms with E-state index in [2.05, 4.69) is 15.0 Å². The quantitative estimate of drug-likeness (QED) is 0.789. The van der Waals surface area contributed by atoms with Gasteiger partial charge in [-0.25, -0.2) is 4.98 Å². The lowest BCUT2D eigenvalue weighted by Crippen LogP contribution is -2.00. The number of fused-ring (bicyclic) bond motifs is 1. The standard InChI is InChI=1S/C11H9N3OS2/c15-17(7-8-3-1-2-5-12-8)11-13-9-4-6-16-10(9)14-11/h1-6H,7H2,(H,13,14). The van der Waals surface area contributed by atoms with Gasteiger partial charge < -0.3 is 4.98 Å². The summed E-state index contributed by atoms with van der Waals surface area (Å²) in [5.74, 6) is 0.390. The van der Waals surface area contributed by atoms with E-state index in [9.17, 15) is 4.21 Å². The molecule has 0 radical (unpaired) electrons. The molecule has 4 nitrogen and oxygen atoms in total. The number of hydrogen-bond acceptors (Lipinski definition) is 4. The van der Waals surface area contributed by atoms with Crippen LogP contribution in [0.2, 0.25) is 0 Å². The van der Waals surface area contributed by atoms with Crippen molar-refractivity contribution in [2.45, 2.75) is 10.9 Å². The first kappa shape index (κ1) is 10.6. The second-order valence-electron chi connectivity index (χ2n) is 3.49. The van der Waals surface area contributed by atoms with Gasteiger partial charge in [0.05, 0.1) is 27.8 Å². The van der Waals surface area contributed by atoms with E-state index in [1.165, 1.54) is 11.3 Å². The Morgan fingerprint density at radius 2 is 2.29 bits per heavy atom. The average Bonchev–Trinajstić information content (AvgIpc) is 2.90. The number of aromatic amines is 1. The van der Waals surface area contributed by atoms with Gasteiger partial charge in [0.2, 0.25) is 0 Å². The third-order valence-electron chi connectivity index (χ3n) is 2.31. The molecule has 3 aromatic heterocycles. The van der Waals surface area contributed by atoms with Crippen LogP contribution in [-0.2, 0) is 16.6 Å². The molecule has 0 aliphatic carbocycles. The third-order valence-corrected chi connectivity index (χ3v) is 4.30. The first-order valence-corrected chi connectivity index (χ1v) is 7.24. The zero-order chi connectivity index (χ0) is 11.7. The van der Waals surface area contributed by atoms with Gasteiger partial charge in [0.15, 0.2) is 5.16 Å². The van der Waals surface area contributed by atoms with Gasteiger partial charge in [-0.05, 0) is 23.6 Å². The molecule has 3 heterocycles. The minimum atomic E-state index is -1.17. The molecule has 0 fully saturated rings. The van der Waals surface area contributed by atoms with Gasteiger partial charge in [0, 0.05) is 6.20 Å². The number of nitrogens with zero attached hydrogens (tertiary/aromatic N) is 2. The van der Waals surface area contributed by atoms with E-state index in [-0.39, 0.29) is 0 Å². The molecule has 0 saturated carbocycles. The number of aromatic nitrogens is 3. The summed E-state index contributed by atoms with van der Waals surface area (Å²) in [6, 6.07) is 7.53. The Labute approximate surface area is 104 Å².